The molecule has 72 valence electrons. The molecule has 0 aliphatic heterocycles. The molecule has 0 radical (unpaired) electrons. The standard InChI is InChI=1S/C11H15FO/c1-8-5-4-6-10(12)9(8)7-11(2,3)13/h4-6,13H,7H2,1-3H3. The van der Waals surface area contributed by atoms with Crippen LogP contribution in [0.5, 0.6) is 0 Å². The van der Waals surface area contributed by atoms with E-state index in [0.29, 0.717) is 12.0 Å². The first-order valence-corrected chi connectivity index (χ1v) is 4.36. The molecule has 13 heavy (non-hydrogen) atoms. The van der Waals surface area contributed by atoms with Crippen molar-refractivity contribution in [2.24, 2.45) is 0 Å². The highest BCUT2D eigenvalue weighted by atomic mass is 19.1. The lowest BCUT2D eigenvalue weighted by Gasteiger charge is -2.18. The summed E-state index contributed by atoms with van der Waals surface area (Å²) in [5.74, 6) is -0.234. The topological polar surface area (TPSA) is 20.2 Å². The van der Waals surface area contributed by atoms with Crippen LogP contribution >= 0.6 is 0 Å². The molecule has 1 aromatic rings. The molecule has 0 fully saturated rings. The second-order valence-electron chi connectivity index (χ2n) is 4.02. The Bertz CT molecular complexity index is 279. The van der Waals surface area contributed by atoms with Crippen LogP contribution in [0.2, 0.25) is 0 Å². The molecule has 0 saturated carbocycles. The molecule has 0 atom stereocenters. The van der Waals surface area contributed by atoms with Crippen molar-refractivity contribution < 1.29 is 9.50 Å². The Morgan fingerprint density at radius 2 is 2.00 bits per heavy atom. The van der Waals surface area contributed by atoms with Gasteiger partial charge in [0.05, 0.1) is 5.60 Å². The maximum atomic E-state index is 13.3. The van der Waals surface area contributed by atoms with Crippen LogP contribution in [0.4, 0.5) is 4.39 Å². The van der Waals surface area contributed by atoms with Gasteiger partial charge in [0, 0.05) is 6.42 Å². The molecule has 0 aliphatic rings. The van der Waals surface area contributed by atoms with Crippen molar-refractivity contribution in [2.75, 3.05) is 0 Å². The normalized spacial score (nSPS) is 11.8. The SMILES string of the molecule is Cc1cccc(F)c1CC(C)(C)O. The zero-order valence-electron chi connectivity index (χ0n) is 8.26. The van der Waals surface area contributed by atoms with Gasteiger partial charge < -0.3 is 5.11 Å². The summed E-state index contributed by atoms with van der Waals surface area (Å²) in [7, 11) is 0. The summed E-state index contributed by atoms with van der Waals surface area (Å²) in [4.78, 5) is 0. The number of hydrogen-bond donors (Lipinski definition) is 1. The van der Waals surface area contributed by atoms with E-state index >= 15 is 0 Å². The molecule has 0 unspecified atom stereocenters. The third-order valence-corrected chi connectivity index (χ3v) is 1.96. The van der Waals surface area contributed by atoms with Gasteiger partial charge in [0.25, 0.3) is 0 Å². The van der Waals surface area contributed by atoms with Crippen LogP contribution < -0.4 is 0 Å². The van der Waals surface area contributed by atoms with Crippen LogP contribution in [0.3, 0.4) is 0 Å². The van der Waals surface area contributed by atoms with Crippen LogP contribution in [0.15, 0.2) is 18.2 Å². The monoisotopic (exact) mass is 182 g/mol. The van der Waals surface area contributed by atoms with Gasteiger partial charge in [-0.15, -0.1) is 0 Å². The Hall–Kier alpha value is -0.890. The molecule has 1 N–H and O–H groups in total. The van der Waals surface area contributed by atoms with Crippen molar-refractivity contribution in [3.8, 4) is 0 Å². The maximum Gasteiger partial charge on any atom is 0.126 e. The van der Waals surface area contributed by atoms with Crippen LogP contribution in [-0.4, -0.2) is 10.7 Å². The summed E-state index contributed by atoms with van der Waals surface area (Å²) >= 11 is 0. The van der Waals surface area contributed by atoms with Gasteiger partial charge in [-0.1, -0.05) is 12.1 Å². The van der Waals surface area contributed by atoms with Crippen molar-refractivity contribution in [3.63, 3.8) is 0 Å². The molecular formula is C11H15FO. The van der Waals surface area contributed by atoms with Crippen LogP contribution in [0.1, 0.15) is 25.0 Å². The second-order valence-corrected chi connectivity index (χ2v) is 4.02. The van der Waals surface area contributed by atoms with Crippen molar-refractivity contribution in [1.82, 2.24) is 0 Å². The van der Waals surface area contributed by atoms with Gasteiger partial charge in [0.1, 0.15) is 5.82 Å². The molecule has 1 nitrogen and oxygen atoms in total. The van der Waals surface area contributed by atoms with E-state index in [2.05, 4.69) is 0 Å². The fourth-order valence-electron chi connectivity index (χ4n) is 1.32. The molecule has 0 heterocycles. The Labute approximate surface area is 78.2 Å². The van der Waals surface area contributed by atoms with Crippen molar-refractivity contribution in [3.05, 3.63) is 35.1 Å². The Kier molecular flexibility index (Phi) is 2.71. The smallest absolute Gasteiger partial charge is 0.126 e. The average Bonchev–Trinajstić information content (AvgIpc) is 1.95. The molecular weight excluding hydrogens is 167 g/mol. The molecule has 2 heteroatoms. The lowest BCUT2D eigenvalue weighted by atomic mass is 9.95. The Balaban J connectivity index is 3.00. The Morgan fingerprint density at radius 1 is 1.38 bits per heavy atom. The van der Waals surface area contributed by atoms with Gasteiger partial charge in [-0.05, 0) is 38.0 Å². The van der Waals surface area contributed by atoms with Gasteiger partial charge in [0.15, 0.2) is 0 Å². The Morgan fingerprint density at radius 3 is 2.46 bits per heavy atom. The summed E-state index contributed by atoms with van der Waals surface area (Å²) in [5, 5.41) is 9.55. The van der Waals surface area contributed by atoms with E-state index in [-0.39, 0.29) is 5.82 Å². The number of halogens is 1. The average molecular weight is 182 g/mol. The summed E-state index contributed by atoms with van der Waals surface area (Å²) in [6.07, 6.45) is 0.353. The molecule has 1 aromatic carbocycles. The number of aliphatic hydroxyl groups is 1. The van der Waals surface area contributed by atoms with Crippen LogP contribution in [0, 0.1) is 12.7 Å². The summed E-state index contributed by atoms with van der Waals surface area (Å²) in [6.45, 7) is 5.21. The summed E-state index contributed by atoms with van der Waals surface area (Å²) < 4.78 is 13.3. The first kappa shape index (κ1) is 10.2. The van der Waals surface area contributed by atoms with E-state index in [0.717, 1.165) is 5.56 Å². The molecule has 1 rings (SSSR count). The summed E-state index contributed by atoms with van der Waals surface area (Å²) in [5.41, 5.74) is 0.643. The first-order chi connectivity index (χ1) is 5.90. The van der Waals surface area contributed by atoms with Gasteiger partial charge in [-0.25, -0.2) is 4.39 Å². The number of benzene rings is 1. The van der Waals surface area contributed by atoms with Crippen LogP contribution in [-0.2, 0) is 6.42 Å². The van der Waals surface area contributed by atoms with E-state index in [1.165, 1.54) is 6.07 Å². The molecule has 0 bridgehead atoms. The number of aryl methyl sites for hydroxylation is 1. The van der Waals surface area contributed by atoms with Crippen molar-refractivity contribution in [2.45, 2.75) is 32.8 Å². The predicted octanol–water partition coefficient (Wildman–Crippen LogP) is 2.45. The molecule has 0 spiro atoms. The van der Waals surface area contributed by atoms with Crippen molar-refractivity contribution in [1.29, 1.82) is 0 Å². The number of rotatable bonds is 2. The highest BCUT2D eigenvalue weighted by molar-refractivity contribution is 5.28. The van der Waals surface area contributed by atoms with E-state index < -0.39 is 5.60 Å². The fourth-order valence-corrected chi connectivity index (χ4v) is 1.32. The molecule has 0 saturated heterocycles. The van der Waals surface area contributed by atoms with Gasteiger partial charge in [-0.3, -0.25) is 0 Å². The minimum absolute atomic E-state index is 0.234. The second kappa shape index (κ2) is 3.46. The van der Waals surface area contributed by atoms with Gasteiger partial charge >= 0.3 is 0 Å². The third-order valence-electron chi connectivity index (χ3n) is 1.96. The first-order valence-electron chi connectivity index (χ1n) is 4.36. The molecule has 0 aromatic heterocycles. The lowest BCUT2D eigenvalue weighted by molar-refractivity contribution is 0.0798. The van der Waals surface area contributed by atoms with Gasteiger partial charge in [-0.2, -0.15) is 0 Å². The molecule has 0 amide bonds. The zero-order valence-corrected chi connectivity index (χ0v) is 8.26. The molecule has 0 aliphatic carbocycles. The van der Waals surface area contributed by atoms with E-state index in [4.69, 9.17) is 0 Å². The minimum Gasteiger partial charge on any atom is -0.390 e. The third kappa shape index (κ3) is 2.81. The zero-order chi connectivity index (χ0) is 10.1. The van der Waals surface area contributed by atoms with E-state index in [1.807, 2.05) is 13.0 Å². The quantitative estimate of drug-likeness (QED) is 0.744. The van der Waals surface area contributed by atoms with E-state index in [9.17, 15) is 9.50 Å². The highest BCUT2D eigenvalue weighted by Gasteiger charge is 2.17. The predicted molar refractivity (Wildman–Crippen MR) is 51.1 cm³/mol. The van der Waals surface area contributed by atoms with Crippen molar-refractivity contribution >= 4 is 0 Å². The minimum atomic E-state index is -0.854. The summed E-state index contributed by atoms with van der Waals surface area (Å²) in [6, 6.07) is 4.96. The van der Waals surface area contributed by atoms with Gasteiger partial charge in [0.2, 0.25) is 0 Å². The largest absolute Gasteiger partial charge is 0.390 e. The fraction of sp³-hybridized carbons (Fsp3) is 0.455. The highest BCUT2D eigenvalue weighted by Crippen LogP contribution is 2.18. The lowest BCUT2D eigenvalue weighted by Crippen LogP contribution is -2.23. The maximum absolute atomic E-state index is 13.3. The number of hydrogen-bond acceptors (Lipinski definition) is 1. The van der Waals surface area contributed by atoms with Crippen LogP contribution in [0.25, 0.3) is 0 Å². The van der Waals surface area contributed by atoms with E-state index in [1.54, 1.807) is 19.9 Å².